The smallest absolute Gasteiger partial charge is 0.392 e. The van der Waals surface area contributed by atoms with Crippen molar-refractivity contribution in [1.29, 1.82) is 0 Å². The fourth-order valence-corrected chi connectivity index (χ4v) is 2.65. The minimum Gasteiger partial charge on any atom is -0.659 e. The highest BCUT2D eigenvalue weighted by atomic mass is 35.5. The standard InChI is InChI=1S/C13H12Cl2F4NO/c14-7-1-2-8(16)11(15)10(7)9(21)5-20-6-12(3-4-12)13(17,18)19/h1-2,9,21H,3-6H2/q-1. The molecule has 1 aliphatic rings. The number of alkyl halides is 3. The van der Waals surface area contributed by atoms with Gasteiger partial charge in [0.2, 0.25) is 0 Å². The van der Waals surface area contributed by atoms with Crippen LogP contribution in [-0.4, -0.2) is 24.4 Å². The summed E-state index contributed by atoms with van der Waals surface area (Å²) in [6.07, 6.45) is -5.56. The van der Waals surface area contributed by atoms with E-state index in [-0.39, 0.29) is 35.0 Å². The normalized spacial score (nSPS) is 18.6. The molecule has 2 rings (SSSR count). The van der Waals surface area contributed by atoms with Gasteiger partial charge in [0.25, 0.3) is 0 Å². The Morgan fingerprint density at radius 2 is 1.90 bits per heavy atom. The first-order valence-electron chi connectivity index (χ1n) is 6.19. The van der Waals surface area contributed by atoms with Gasteiger partial charge in [0, 0.05) is 16.0 Å². The molecule has 1 N–H and O–H groups in total. The lowest BCUT2D eigenvalue weighted by Crippen LogP contribution is -2.28. The first-order chi connectivity index (χ1) is 9.68. The molecule has 0 bridgehead atoms. The van der Waals surface area contributed by atoms with Gasteiger partial charge in [-0.1, -0.05) is 23.2 Å². The van der Waals surface area contributed by atoms with Gasteiger partial charge in [-0.15, -0.1) is 13.1 Å². The Labute approximate surface area is 129 Å². The monoisotopic (exact) mass is 344 g/mol. The lowest BCUT2D eigenvalue weighted by molar-refractivity contribution is -0.182. The van der Waals surface area contributed by atoms with Crippen LogP contribution in [0.1, 0.15) is 24.5 Å². The summed E-state index contributed by atoms with van der Waals surface area (Å²) in [6.45, 7) is -0.737. The molecule has 2 nitrogen and oxygen atoms in total. The topological polar surface area (TPSA) is 34.3 Å². The molecule has 0 amide bonds. The highest BCUT2D eigenvalue weighted by Gasteiger charge is 2.60. The van der Waals surface area contributed by atoms with Crippen molar-refractivity contribution in [1.82, 2.24) is 0 Å². The number of hydrogen-bond donors (Lipinski definition) is 1. The van der Waals surface area contributed by atoms with E-state index in [1.807, 2.05) is 0 Å². The van der Waals surface area contributed by atoms with Crippen LogP contribution in [0.15, 0.2) is 12.1 Å². The average Bonchev–Trinajstić information content (AvgIpc) is 3.15. The first kappa shape index (κ1) is 16.8. The molecule has 0 saturated heterocycles. The van der Waals surface area contributed by atoms with Gasteiger partial charge >= 0.3 is 6.18 Å². The van der Waals surface area contributed by atoms with E-state index in [4.69, 9.17) is 23.2 Å². The van der Waals surface area contributed by atoms with E-state index in [2.05, 4.69) is 5.32 Å². The van der Waals surface area contributed by atoms with E-state index in [0.29, 0.717) is 0 Å². The fourth-order valence-electron chi connectivity index (χ4n) is 2.02. The minimum atomic E-state index is -4.30. The molecule has 118 valence electrons. The average molecular weight is 345 g/mol. The van der Waals surface area contributed by atoms with Gasteiger partial charge in [-0.2, -0.15) is 13.2 Å². The van der Waals surface area contributed by atoms with E-state index in [1.165, 1.54) is 6.07 Å². The third kappa shape index (κ3) is 3.44. The molecule has 1 atom stereocenters. The minimum absolute atomic E-state index is 0.0393. The summed E-state index contributed by atoms with van der Waals surface area (Å²) in [7, 11) is 0. The van der Waals surface area contributed by atoms with Gasteiger partial charge in [-0.3, -0.25) is 0 Å². The molecule has 1 aromatic carbocycles. The molecular weight excluding hydrogens is 333 g/mol. The van der Waals surface area contributed by atoms with Crippen LogP contribution >= 0.6 is 23.2 Å². The van der Waals surface area contributed by atoms with Crippen LogP contribution in [-0.2, 0) is 0 Å². The predicted molar refractivity (Wildman–Crippen MR) is 72.2 cm³/mol. The molecule has 1 unspecified atom stereocenters. The third-order valence-corrected chi connectivity index (χ3v) is 4.30. The molecule has 0 aromatic heterocycles. The molecule has 0 spiro atoms. The third-order valence-electron chi connectivity index (χ3n) is 3.58. The van der Waals surface area contributed by atoms with Crippen molar-refractivity contribution in [3.05, 3.63) is 38.9 Å². The Kier molecular flexibility index (Phi) is 4.73. The lowest BCUT2D eigenvalue weighted by atomic mass is 10.1. The SMILES string of the molecule is OC(C[N-]CC1(C(F)(F)F)CC1)c1c(Cl)ccc(F)c1Cl. The van der Waals surface area contributed by atoms with Crippen LogP contribution < -0.4 is 0 Å². The van der Waals surface area contributed by atoms with Gasteiger partial charge in [-0.25, -0.2) is 4.39 Å². The second kappa shape index (κ2) is 5.91. The Hall–Kier alpha value is -0.560. The Bertz CT molecular complexity index is 532. The highest BCUT2D eigenvalue weighted by molar-refractivity contribution is 6.36. The van der Waals surface area contributed by atoms with E-state index >= 15 is 0 Å². The zero-order chi connectivity index (χ0) is 15.8. The molecule has 1 aromatic rings. The van der Waals surface area contributed by atoms with E-state index < -0.39 is 30.1 Å². The Morgan fingerprint density at radius 1 is 1.29 bits per heavy atom. The van der Waals surface area contributed by atoms with Crippen molar-refractivity contribution in [2.45, 2.75) is 25.1 Å². The zero-order valence-electron chi connectivity index (χ0n) is 10.7. The molecule has 1 saturated carbocycles. The lowest BCUT2D eigenvalue weighted by Gasteiger charge is -2.30. The van der Waals surface area contributed by atoms with Crippen LogP contribution in [0.25, 0.3) is 5.32 Å². The van der Waals surface area contributed by atoms with Crippen molar-refractivity contribution in [3.63, 3.8) is 0 Å². The number of nitrogens with zero attached hydrogens (tertiary/aromatic N) is 1. The van der Waals surface area contributed by atoms with E-state index in [9.17, 15) is 22.7 Å². The number of aliphatic hydroxyl groups is 1. The van der Waals surface area contributed by atoms with Crippen molar-refractivity contribution < 1.29 is 22.7 Å². The molecular formula is C13H12Cl2F4NO-. The highest BCUT2D eigenvalue weighted by Crippen LogP contribution is 2.58. The van der Waals surface area contributed by atoms with Crippen LogP contribution in [0.5, 0.6) is 0 Å². The Morgan fingerprint density at radius 3 is 2.43 bits per heavy atom. The number of aliphatic hydroxyl groups excluding tert-OH is 1. The van der Waals surface area contributed by atoms with Gasteiger partial charge in [0.15, 0.2) is 0 Å². The molecule has 8 heteroatoms. The number of hydrogen-bond acceptors (Lipinski definition) is 1. The molecule has 0 radical (unpaired) electrons. The summed E-state index contributed by atoms with van der Waals surface area (Å²) in [4.78, 5) is 0. The maximum atomic E-state index is 13.3. The van der Waals surface area contributed by atoms with Crippen molar-refractivity contribution in [3.8, 4) is 0 Å². The largest absolute Gasteiger partial charge is 0.659 e. The predicted octanol–water partition coefficient (Wildman–Crippen LogP) is 4.88. The van der Waals surface area contributed by atoms with E-state index in [0.717, 1.165) is 6.07 Å². The maximum Gasteiger partial charge on any atom is 0.392 e. The van der Waals surface area contributed by atoms with Gasteiger partial charge in [-0.05, 0) is 25.0 Å². The van der Waals surface area contributed by atoms with Gasteiger partial charge in [0.1, 0.15) is 5.82 Å². The second-order valence-electron chi connectivity index (χ2n) is 5.12. The summed E-state index contributed by atoms with van der Waals surface area (Å²) >= 11 is 11.5. The molecule has 1 aliphatic carbocycles. The molecule has 0 aliphatic heterocycles. The van der Waals surface area contributed by atoms with Crippen LogP contribution in [0, 0.1) is 11.2 Å². The molecule has 21 heavy (non-hydrogen) atoms. The van der Waals surface area contributed by atoms with E-state index in [1.54, 1.807) is 0 Å². The summed E-state index contributed by atoms with van der Waals surface area (Å²) < 4.78 is 51.4. The first-order valence-corrected chi connectivity index (χ1v) is 6.95. The summed E-state index contributed by atoms with van der Waals surface area (Å²) in [5, 5.41) is 13.4. The maximum absolute atomic E-state index is 13.3. The van der Waals surface area contributed by atoms with Gasteiger partial charge < -0.3 is 10.4 Å². The molecule has 1 fully saturated rings. The number of halogens is 6. The number of rotatable bonds is 5. The summed E-state index contributed by atoms with van der Waals surface area (Å²) in [6, 6.07) is 2.26. The Balaban J connectivity index is 1.98. The fraction of sp³-hybridized carbons (Fsp3) is 0.538. The van der Waals surface area contributed by atoms with Crippen LogP contribution in [0.4, 0.5) is 17.6 Å². The quantitative estimate of drug-likeness (QED) is 0.599. The molecule has 0 heterocycles. The van der Waals surface area contributed by atoms with Crippen LogP contribution in [0.2, 0.25) is 10.0 Å². The van der Waals surface area contributed by atoms with Crippen molar-refractivity contribution in [2.24, 2.45) is 5.41 Å². The number of benzene rings is 1. The van der Waals surface area contributed by atoms with Crippen LogP contribution in [0.3, 0.4) is 0 Å². The zero-order valence-corrected chi connectivity index (χ0v) is 12.2. The summed E-state index contributed by atoms with van der Waals surface area (Å²) in [5.74, 6) is -0.760. The van der Waals surface area contributed by atoms with Gasteiger partial charge in [0.05, 0.1) is 11.1 Å². The van der Waals surface area contributed by atoms with Crippen molar-refractivity contribution in [2.75, 3.05) is 13.1 Å². The second-order valence-corrected chi connectivity index (χ2v) is 5.90. The van der Waals surface area contributed by atoms with Crippen molar-refractivity contribution >= 4 is 23.2 Å². The summed E-state index contributed by atoms with van der Waals surface area (Å²) in [5.41, 5.74) is -1.82.